The molecular weight excluding hydrogens is 186 g/mol. The van der Waals surface area contributed by atoms with Crippen LogP contribution in [-0.2, 0) is 6.42 Å². The Labute approximate surface area is 79.7 Å². The lowest BCUT2D eigenvalue weighted by molar-refractivity contribution is 1.17. The van der Waals surface area contributed by atoms with E-state index < -0.39 is 0 Å². The van der Waals surface area contributed by atoms with Crippen LogP contribution in [0.4, 0.5) is 0 Å². The Morgan fingerprint density at radius 3 is 3.00 bits per heavy atom. The summed E-state index contributed by atoms with van der Waals surface area (Å²) in [5.41, 5.74) is 1.25. The molecule has 0 radical (unpaired) electrons. The Balaban J connectivity index is 2.35. The van der Waals surface area contributed by atoms with Gasteiger partial charge in [-0.3, -0.25) is 0 Å². The SMILES string of the molecule is CCc1cnc(-c2ccsc2)s1. The Bertz CT molecular complexity index is 348. The van der Waals surface area contributed by atoms with Crippen molar-refractivity contribution in [3.05, 3.63) is 27.9 Å². The van der Waals surface area contributed by atoms with Crippen LogP contribution in [0.2, 0.25) is 0 Å². The van der Waals surface area contributed by atoms with E-state index in [1.54, 1.807) is 22.7 Å². The quantitative estimate of drug-likeness (QED) is 0.715. The number of nitrogens with zero attached hydrogens (tertiary/aromatic N) is 1. The van der Waals surface area contributed by atoms with Crippen LogP contribution < -0.4 is 0 Å². The Morgan fingerprint density at radius 1 is 1.50 bits per heavy atom. The van der Waals surface area contributed by atoms with Gasteiger partial charge >= 0.3 is 0 Å². The zero-order valence-corrected chi connectivity index (χ0v) is 8.41. The lowest BCUT2D eigenvalue weighted by atomic mass is 10.4. The molecule has 2 aromatic rings. The monoisotopic (exact) mass is 195 g/mol. The van der Waals surface area contributed by atoms with Gasteiger partial charge in [0, 0.05) is 22.0 Å². The molecule has 0 fully saturated rings. The molecule has 0 N–H and O–H groups in total. The van der Waals surface area contributed by atoms with E-state index in [0.29, 0.717) is 0 Å². The molecule has 2 aromatic heterocycles. The van der Waals surface area contributed by atoms with Crippen LogP contribution in [0.3, 0.4) is 0 Å². The summed E-state index contributed by atoms with van der Waals surface area (Å²) in [5, 5.41) is 5.37. The van der Waals surface area contributed by atoms with Crippen molar-refractivity contribution in [3.63, 3.8) is 0 Å². The van der Waals surface area contributed by atoms with Crippen LogP contribution in [0.1, 0.15) is 11.8 Å². The Hall–Kier alpha value is -0.670. The van der Waals surface area contributed by atoms with E-state index in [4.69, 9.17) is 0 Å². The average Bonchev–Trinajstić information content (AvgIpc) is 2.75. The van der Waals surface area contributed by atoms with Crippen molar-refractivity contribution >= 4 is 22.7 Å². The second-order valence-corrected chi connectivity index (χ2v) is 4.39. The minimum absolute atomic E-state index is 1.09. The summed E-state index contributed by atoms with van der Waals surface area (Å²) in [4.78, 5) is 5.71. The summed E-state index contributed by atoms with van der Waals surface area (Å²) in [6.07, 6.45) is 3.06. The molecule has 0 amide bonds. The molecule has 12 heavy (non-hydrogen) atoms. The number of thiophene rings is 1. The highest BCUT2D eigenvalue weighted by molar-refractivity contribution is 7.15. The molecule has 0 bridgehead atoms. The lowest BCUT2D eigenvalue weighted by Gasteiger charge is -1.85. The molecule has 0 aliphatic heterocycles. The van der Waals surface area contributed by atoms with Gasteiger partial charge in [-0.15, -0.1) is 11.3 Å². The van der Waals surface area contributed by atoms with Gasteiger partial charge in [-0.1, -0.05) is 6.92 Å². The maximum Gasteiger partial charge on any atom is 0.124 e. The van der Waals surface area contributed by atoms with Gasteiger partial charge < -0.3 is 0 Å². The van der Waals surface area contributed by atoms with Gasteiger partial charge in [0.05, 0.1) is 0 Å². The van der Waals surface area contributed by atoms with Crippen molar-refractivity contribution in [2.75, 3.05) is 0 Å². The summed E-state index contributed by atoms with van der Waals surface area (Å²) in [6.45, 7) is 2.16. The number of aromatic nitrogens is 1. The molecule has 62 valence electrons. The van der Waals surface area contributed by atoms with Gasteiger partial charge in [0.2, 0.25) is 0 Å². The highest BCUT2D eigenvalue weighted by atomic mass is 32.1. The minimum Gasteiger partial charge on any atom is -0.244 e. The minimum atomic E-state index is 1.09. The summed E-state index contributed by atoms with van der Waals surface area (Å²) < 4.78 is 0. The molecule has 0 aliphatic rings. The summed E-state index contributed by atoms with van der Waals surface area (Å²) in [7, 11) is 0. The predicted molar refractivity (Wildman–Crippen MR) is 54.8 cm³/mol. The second-order valence-electron chi connectivity index (χ2n) is 2.50. The van der Waals surface area contributed by atoms with Crippen LogP contribution in [0, 0.1) is 0 Å². The van der Waals surface area contributed by atoms with E-state index in [1.165, 1.54) is 10.4 Å². The fourth-order valence-corrected chi connectivity index (χ4v) is 2.55. The van der Waals surface area contributed by atoms with Gasteiger partial charge in [-0.05, 0) is 17.9 Å². The zero-order chi connectivity index (χ0) is 8.39. The van der Waals surface area contributed by atoms with E-state index in [-0.39, 0.29) is 0 Å². The average molecular weight is 195 g/mol. The van der Waals surface area contributed by atoms with Gasteiger partial charge in [-0.2, -0.15) is 11.3 Å². The summed E-state index contributed by atoms with van der Waals surface area (Å²) in [6, 6.07) is 2.11. The maximum absolute atomic E-state index is 4.35. The molecule has 2 heterocycles. The van der Waals surface area contributed by atoms with Crippen molar-refractivity contribution in [2.24, 2.45) is 0 Å². The first kappa shape index (κ1) is 7.95. The van der Waals surface area contributed by atoms with Gasteiger partial charge in [0.25, 0.3) is 0 Å². The number of rotatable bonds is 2. The fraction of sp³-hybridized carbons (Fsp3) is 0.222. The summed E-state index contributed by atoms with van der Waals surface area (Å²) >= 11 is 3.50. The number of hydrogen-bond donors (Lipinski definition) is 0. The topological polar surface area (TPSA) is 12.9 Å². The molecule has 2 rings (SSSR count). The third-order valence-corrected chi connectivity index (χ3v) is 3.54. The van der Waals surface area contributed by atoms with Crippen LogP contribution in [0.5, 0.6) is 0 Å². The largest absolute Gasteiger partial charge is 0.244 e. The van der Waals surface area contributed by atoms with E-state index in [2.05, 4.69) is 28.7 Å². The van der Waals surface area contributed by atoms with Crippen molar-refractivity contribution in [3.8, 4) is 10.6 Å². The van der Waals surface area contributed by atoms with E-state index in [1.807, 2.05) is 6.20 Å². The van der Waals surface area contributed by atoms with Crippen LogP contribution in [0.15, 0.2) is 23.0 Å². The lowest BCUT2D eigenvalue weighted by Crippen LogP contribution is -1.65. The van der Waals surface area contributed by atoms with Gasteiger partial charge in [-0.25, -0.2) is 4.98 Å². The number of aryl methyl sites for hydroxylation is 1. The molecule has 0 aliphatic carbocycles. The van der Waals surface area contributed by atoms with E-state index in [9.17, 15) is 0 Å². The van der Waals surface area contributed by atoms with E-state index in [0.717, 1.165) is 11.4 Å². The number of thiazole rings is 1. The highest BCUT2D eigenvalue weighted by Crippen LogP contribution is 2.26. The molecule has 3 heteroatoms. The Morgan fingerprint density at radius 2 is 2.42 bits per heavy atom. The molecule has 1 nitrogen and oxygen atoms in total. The highest BCUT2D eigenvalue weighted by Gasteiger charge is 2.02. The zero-order valence-electron chi connectivity index (χ0n) is 6.78. The first-order valence-corrected chi connectivity index (χ1v) is 5.63. The van der Waals surface area contributed by atoms with Crippen molar-refractivity contribution in [1.82, 2.24) is 4.98 Å². The fourth-order valence-electron chi connectivity index (χ4n) is 0.991. The molecule has 0 saturated carbocycles. The standard InChI is InChI=1S/C9H9NS2/c1-2-8-5-10-9(12-8)7-3-4-11-6-7/h3-6H,2H2,1H3. The molecule has 0 aromatic carbocycles. The van der Waals surface area contributed by atoms with Gasteiger partial charge in [0.1, 0.15) is 5.01 Å². The molecule has 0 saturated heterocycles. The van der Waals surface area contributed by atoms with Crippen LogP contribution in [0.25, 0.3) is 10.6 Å². The number of hydrogen-bond acceptors (Lipinski definition) is 3. The van der Waals surface area contributed by atoms with Crippen LogP contribution in [-0.4, -0.2) is 4.98 Å². The van der Waals surface area contributed by atoms with Crippen LogP contribution >= 0.6 is 22.7 Å². The third-order valence-electron chi connectivity index (χ3n) is 1.67. The predicted octanol–water partition coefficient (Wildman–Crippen LogP) is 3.43. The normalized spacial score (nSPS) is 10.4. The maximum atomic E-state index is 4.35. The second kappa shape index (κ2) is 3.37. The summed E-state index contributed by atoms with van der Waals surface area (Å²) in [5.74, 6) is 0. The molecule has 0 spiro atoms. The Kier molecular flexibility index (Phi) is 2.23. The van der Waals surface area contributed by atoms with Crippen molar-refractivity contribution < 1.29 is 0 Å². The third kappa shape index (κ3) is 1.42. The first-order chi connectivity index (χ1) is 5.90. The molecule has 0 unspecified atom stereocenters. The van der Waals surface area contributed by atoms with Crippen molar-refractivity contribution in [1.29, 1.82) is 0 Å². The molecular formula is C9H9NS2. The van der Waals surface area contributed by atoms with Gasteiger partial charge in [0.15, 0.2) is 0 Å². The van der Waals surface area contributed by atoms with Crippen molar-refractivity contribution in [2.45, 2.75) is 13.3 Å². The van der Waals surface area contributed by atoms with E-state index >= 15 is 0 Å². The smallest absolute Gasteiger partial charge is 0.124 e. The molecule has 0 atom stereocenters. The first-order valence-electron chi connectivity index (χ1n) is 3.87.